The molecule has 0 heterocycles. The molecule has 1 aromatic carbocycles. The molecule has 0 fully saturated rings. The fourth-order valence-electron chi connectivity index (χ4n) is 1.48. The molecule has 0 N–H and O–H groups in total. The number of nitrogens with zero attached hydrogens (tertiary/aromatic N) is 1. The van der Waals surface area contributed by atoms with Gasteiger partial charge in [-0.05, 0) is 12.1 Å². The highest BCUT2D eigenvalue weighted by Gasteiger charge is 2.39. The van der Waals surface area contributed by atoms with Gasteiger partial charge >= 0.3 is 6.18 Å². The molecule has 0 saturated heterocycles. The van der Waals surface area contributed by atoms with E-state index in [4.69, 9.17) is 10.00 Å². The predicted octanol–water partition coefficient (Wildman–Crippen LogP) is 3.16. The molecule has 0 aliphatic heterocycles. The SMILES string of the molecule is COc1ccc(C#N)c(C(F)(F)F)c1C(=O)CBr. The molecule has 1 rings (SSSR count). The zero-order valence-electron chi connectivity index (χ0n) is 9.14. The molecule has 7 heteroatoms. The minimum atomic E-state index is -4.80. The third-order valence-corrected chi connectivity index (χ3v) is 2.70. The van der Waals surface area contributed by atoms with E-state index in [1.54, 1.807) is 0 Å². The van der Waals surface area contributed by atoms with Crippen molar-refractivity contribution < 1.29 is 22.7 Å². The van der Waals surface area contributed by atoms with Crippen LogP contribution in [0.15, 0.2) is 12.1 Å². The monoisotopic (exact) mass is 321 g/mol. The molecule has 0 saturated carbocycles. The summed E-state index contributed by atoms with van der Waals surface area (Å²) in [6.07, 6.45) is -4.80. The van der Waals surface area contributed by atoms with Crippen LogP contribution >= 0.6 is 15.9 Å². The summed E-state index contributed by atoms with van der Waals surface area (Å²) in [5.41, 5.74) is -2.48. The Morgan fingerprint density at radius 3 is 2.50 bits per heavy atom. The molecular formula is C11H7BrF3NO2. The second-order valence-electron chi connectivity index (χ2n) is 3.23. The Bertz CT molecular complexity index is 520. The van der Waals surface area contributed by atoms with Crippen molar-refractivity contribution in [3.05, 3.63) is 28.8 Å². The van der Waals surface area contributed by atoms with Gasteiger partial charge in [-0.15, -0.1) is 0 Å². The Morgan fingerprint density at radius 2 is 2.11 bits per heavy atom. The Balaban J connectivity index is 3.71. The van der Waals surface area contributed by atoms with Gasteiger partial charge in [0.1, 0.15) is 5.75 Å². The predicted molar refractivity (Wildman–Crippen MR) is 60.8 cm³/mol. The van der Waals surface area contributed by atoms with Crippen LogP contribution in [0.5, 0.6) is 5.75 Å². The van der Waals surface area contributed by atoms with Gasteiger partial charge in [0.25, 0.3) is 0 Å². The molecule has 0 radical (unpaired) electrons. The van der Waals surface area contributed by atoms with Crippen LogP contribution in [0.1, 0.15) is 21.5 Å². The zero-order valence-corrected chi connectivity index (χ0v) is 10.7. The summed E-state index contributed by atoms with van der Waals surface area (Å²) in [4.78, 5) is 11.6. The first kappa shape index (κ1) is 14.5. The number of rotatable bonds is 3. The average Bonchev–Trinajstić information content (AvgIpc) is 2.34. The van der Waals surface area contributed by atoms with Crippen LogP contribution in [0, 0.1) is 11.3 Å². The van der Waals surface area contributed by atoms with E-state index < -0.39 is 28.6 Å². The Hall–Kier alpha value is -1.55. The van der Waals surface area contributed by atoms with Gasteiger partial charge in [0.15, 0.2) is 5.78 Å². The second kappa shape index (κ2) is 5.40. The number of alkyl halides is 4. The summed E-state index contributed by atoms with van der Waals surface area (Å²) in [6, 6.07) is 3.58. The molecule has 0 atom stereocenters. The van der Waals surface area contributed by atoms with Gasteiger partial charge in [-0.25, -0.2) is 0 Å². The van der Waals surface area contributed by atoms with E-state index in [0.717, 1.165) is 13.2 Å². The molecule has 0 amide bonds. The number of ketones is 1. The fourth-order valence-corrected chi connectivity index (χ4v) is 1.77. The number of benzene rings is 1. The lowest BCUT2D eigenvalue weighted by molar-refractivity contribution is -0.138. The van der Waals surface area contributed by atoms with Gasteiger partial charge in [0.05, 0.1) is 35.2 Å². The number of hydrogen-bond donors (Lipinski definition) is 0. The second-order valence-corrected chi connectivity index (χ2v) is 3.79. The van der Waals surface area contributed by atoms with E-state index in [1.807, 2.05) is 0 Å². The first-order chi connectivity index (χ1) is 8.36. The lowest BCUT2D eigenvalue weighted by Crippen LogP contribution is -2.17. The minimum Gasteiger partial charge on any atom is -0.496 e. The quantitative estimate of drug-likeness (QED) is 0.634. The van der Waals surface area contributed by atoms with Crippen LogP contribution in [-0.2, 0) is 6.18 Å². The van der Waals surface area contributed by atoms with E-state index in [0.29, 0.717) is 0 Å². The van der Waals surface area contributed by atoms with Crippen LogP contribution in [0.3, 0.4) is 0 Å². The molecular weight excluding hydrogens is 315 g/mol. The first-order valence-corrected chi connectivity index (χ1v) is 5.76. The Morgan fingerprint density at radius 1 is 1.50 bits per heavy atom. The average molecular weight is 322 g/mol. The first-order valence-electron chi connectivity index (χ1n) is 4.64. The van der Waals surface area contributed by atoms with E-state index in [1.165, 1.54) is 12.1 Å². The highest BCUT2D eigenvalue weighted by Crippen LogP contribution is 2.38. The van der Waals surface area contributed by atoms with Crippen molar-refractivity contribution in [3.63, 3.8) is 0 Å². The molecule has 1 aromatic rings. The van der Waals surface area contributed by atoms with Gasteiger partial charge < -0.3 is 4.74 Å². The van der Waals surface area contributed by atoms with Crippen LogP contribution in [0.2, 0.25) is 0 Å². The molecule has 0 unspecified atom stereocenters. The number of hydrogen-bond acceptors (Lipinski definition) is 3. The van der Waals surface area contributed by atoms with Crippen molar-refractivity contribution in [2.45, 2.75) is 6.18 Å². The Kier molecular flexibility index (Phi) is 4.35. The van der Waals surface area contributed by atoms with Crippen LogP contribution in [0.25, 0.3) is 0 Å². The summed E-state index contributed by atoms with van der Waals surface area (Å²) in [7, 11) is 1.16. The van der Waals surface area contributed by atoms with Crippen LogP contribution < -0.4 is 4.74 Å². The third kappa shape index (κ3) is 2.64. The van der Waals surface area contributed by atoms with Crippen LogP contribution in [-0.4, -0.2) is 18.2 Å². The lowest BCUT2D eigenvalue weighted by atomic mass is 9.97. The number of carbonyl (C=O) groups is 1. The van der Waals surface area contributed by atoms with Gasteiger partial charge in [0, 0.05) is 0 Å². The summed E-state index contributed by atoms with van der Waals surface area (Å²) < 4.78 is 43.6. The highest BCUT2D eigenvalue weighted by atomic mass is 79.9. The van der Waals surface area contributed by atoms with Gasteiger partial charge in [-0.2, -0.15) is 18.4 Å². The number of methoxy groups -OCH3 is 1. The van der Waals surface area contributed by atoms with Crippen molar-refractivity contribution in [1.29, 1.82) is 5.26 Å². The summed E-state index contributed by atoms with van der Waals surface area (Å²) >= 11 is 2.81. The molecule has 0 bridgehead atoms. The van der Waals surface area contributed by atoms with E-state index in [9.17, 15) is 18.0 Å². The fraction of sp³-hybridized carbons (Fsp3) is 0.273. The van der Waals surface area contributed by atoms with E-state index >= 15 is 0 Å². The van der Waals surface area contributed by atoms with Gasteiger partial charge in [-0.3, -0.25) is 4.79 Å². The van der Waals surface area contributed by atoms with E-state index in [2.05, 4.69) is 15.9 Å². The standard InChI is InChI=1S/C11H7BrF3NO2/c1-18-8-3-2-6(5-16)10(11(13,14)15)9(8)7(17)4-12/h2-3H,4H2,1H3. The molecule has 0 aliphatic rings. The smallest absolute Gasteiger partial charge is 0.418 e. The van der Waals surface area contributed by atoms with Crippen molar-refractivity contribution >= 4 is 21.7 Å². The van der Waals surface area contributed by atoms with Gasteiger partial charge in [0.2, 0.25) is 0 Å². The largest absolute Gasteiger partial charge is 0.496 e. The minimum absolute atomic E-state index is 0.203. The maximum atomic E-state index is 12.9. The summed E-state index contributed by atoms with van der Waals surface area (Å²) in [6.45, 7) is 0. The third-order valence-electron chi connectivity index (χ3n) is 2.19. The number of carbonyl (C=O) groups excluding carboxylic acids is 1. The van der Waals surface area contributed by atoms with Crippen molar-refractivity contribution in [2.75, 3.05) is 12.4 Å². The number of Topliss-reactive ketones (excluding diaryl/α,β-unsaturated/α-hetero) is 1. The molecule has 96 valence electrons. The van der Waals surface area contributed by atoms with Crippen molar-refractivity contribution in [2.24, 2.45) is 0 Å². The lowest BCUT2D eigenvalue weighted by Gasteiger charge is -2.16. The number of nitriles is 1. The Labute approximate surface area is 109 Å². The van der Waals surface area contributed by atoms with Crippen molar-refractivity contribution in [3.8, 4) is 11.8 Å². The van der Waals surface area contributed by atoms with E-state index in [-0.39, 0.29) is 11.1 Å². The molecule has 18 heavy (non-hydrogen) atoms. The normalized spacial score (nSPS) is 10.9. The molecule has 0 spiro atoms. The topological polar surface area (TPSA) is 50.1 Å². The molecule has 0 aliphatic carbocycles. The van der Waals surface area contributed by atoms with Gasteiger partial charge in [-0.1, -0.05) is 15.9 Å². The summed E-state index contributed by atoms with van der Waals surface area (Å²) in [5.74, 6) is -0.998. The molecule has 3 nitrogen and oxygen atoms in total. The highest BCUT2D eigenvalue weighted by molar-refractivity contribution is 9.09. The van der Waals surface area contributed by atoms with Crippen LogP contribution in [0.4, 0.5) is 13.2 Å². The number of halogens is 4. The number of ether oxygens (including phenoxy) is 1. The maximum Gasteiger partial charge on any atom is 0.418 e. The maximum absolute atomic E-state index is 12.9. The van der Waals surface area contributed by atoms with Crippen molar-refractivity contribution in [1.82, 2.24) is 0 Å². The summed E-state index contributed by atoms with van der Waals surface area (Å²) in [5, 5.41) is 8.42. The molecule has 0 aromatic heterocycles. The zero-order chi connectivity index (χ0) is 13.9.